The Bertz CT molecular complexity index is 2500. The summed E-state index contributed by atoms with van der Waals surface area (Å²) in [6, 6.07) is 48.1. The van der Waals surface area contributed by atoms with Gasteiger partial charge >= 0.3 is 0 Å². The van der Waals surface area contributed by atoms with E-state index >= 15 is 0 Å². The van der Waals surface area contributed by atoms with Crippen LogP contribution < -0.4 is 4.90 Å². The van der Waals surface area contributed by atoms with Crippen molar-refractivity contribution in [3.63, 3.8) is 0 Å². The van der Waals surface area contributed by atoms with E-state index in [4.69, 9.17) is 0 Å². The van der Waals surface area contributed by atoms with Crippen LogP contribution in [0.4, 0.5) is 17.1 Å². The summed E-state index contributed by atoms with van der Waals surface area (Å²) < 4.78 is 2.48. The molecule has 0 N–H and O–H groups in total. The fourth-order valence-corrected chi connectivity index (χ4v) is 9.30. The van der Waals surface area contributed by atoms with Crippen molar-refractivity contribution >= 4 is 44.6 Å². The third-order valence-corrected chi connectivity index (χ3v) is 11.8. The Kier molecular flexibility index (Phi) is 6.13. The highest BCUT2D eigenvalue weighted by Gasteiger charge is 2.37. The molecule has 1 heterocycles. The highest BCUT2D eigenvalue weighted by molar-refractivity contribution is 6.11. The molecular weight excluding hydrogens is 605 g/mol. The van der Waals surface area contributed by atoms with Crippen LogP contribution in [0.3, 0.4) is 0 Å². The summed E-state index contributed by atoms with van der Waals surface area (Å²) in [5.41, 5.74) is 18.2. The molecule has 6 aromatic carbocycles. The van der Waals surface area contributed by atoms with Gasteiger partial charge in [0.15, 0.2) is 0 Å². The number of allylic oxidation sites excluding steroid dienone is 4. The van der Waals surface area contributed by atoms with Crippen LogP contribution in [0.15, 0.2) is 146 Å². The molecule has 0 fully saturated rings. The van der Waals surface area contributed by atoms with Crippen LogP contribution in [-0.2, 0) is 10.8 Å². The Morgan fingerprint density at radius 1 is 0.500 bits per heavy atom. The first-order chi connectivity index (χ1) is 24.3. The first-order valence-corrected chi connectivity index (χ1v) is 18.0. The molecule has 0 amide bonds. The molecule has 0 spiro atoms. The molecule has 50 heavy (non-hydrogen) atoms. The molecule has 0 saturated heterocycles. The Balaban J connectivity index is 1.21. The minimum Gasteiger partial charge on any atom is -0.313 e. The van der Waals surface area contributed by atoms with Gasteiger partial charge in [0, 0.05) is 44.4 Å². The maximum atomic E-state index is 2.49. The molecule has 0 bridgehead atoms. The maximum Gasteiger partial charge on any atom is 0.0539 e. The van der Waals surface area contributed by atoms with Crippen LogP contribution >= 0.6 is 0 Å². The summed E-state index contributed by atoms with van der Waals surface area (Å²) in [5.74, 6) is 0. The topological polar surface area (TPSA) is 8.17 Å². The van der Waals surface area contributed by atoms with Crippen molar-refractivity contribution in [2.45, 2.75) is 51.4 Å². The summed E-state index contributed by atoms with van der Waals surface area (Å²) >= 11 is 0. The smallest absolute Gasteiger partial charge is 0.0539 e. The molecular formula is C48H40N2. The van der Waals surface area contributed by atoms with Crippen molar-refractivity contribution in [1.82, 2.24) is 4.57 Å². The number of hydrogen-bond acceptors (Lipinski definition) is 1. The molecule has 0 radical (unpaired) electrons. The maximum absolute atomic E-state index is 2.49. The number of benzene rings is 6. The normalized spacial score (nSPS) is 16.2. The minimum atomic E-state index is -0.0886. The summed E-state index contributed by atoms with van der Waals surface area (Å²) in [6.45, 7) is 9.49. The van der Waals surface area contributed by atoms with Gasteiger partial charge in [0.2, 0.25) is 0 Å². The summed E-state index contributed by atoms with van der Waals surface area (Å²) in [5, 5.41) is 2.57. The van der Waals surface area contributed by atoms with Crippen LogP contribution in [0.1, 0.15) is 62.8 Å². The average Bonchev–Trinajstić information content (AvgIpc) is 3.69. The van der Waals surface area contributed by atoms with Gasteiger partial charge in [-0.15, -0.1) is 0 Å². The van der Waals surface area contributed by atoms with E-state index in [-0.39, 0.29) is 10.8 Å². The fourth-order valence-electron chi connectivity index (χ4n) is 9.30. The van der Waals surface area contributed by atoms with Crippen molar-refractivity contribution in [3.8, 4) is 22.3 Å². The lowest BCUT2D eigenvalue weighted by Gasteiger charge is -2.30. The Labute approximate surface area is 294 Å². The third-order valence-electron chi connectivity index (χ3n) is 11.8. The molecule has 3 aliphatic carbocycles. The van der Waals surface area contributed by atoms with Gasteiger partial charge < -0.3 is 9.47 Å². The lowest BCUT2D eigenvalue weighted by Crippen LogP contribution is -2.18. The van der Waals surface area contributed by atoms with Gasteiger partial charge in [-0.2, -0.15) is 0 Å². The number of para-hydroxylation sites is 1. The first kappa shape index (κ1) is 29.3. The summed E-state index contributed by atoms with van der Waals surface area (Å²) in [7, 11) is 0. The van der Waals surface area contributed by atoms with Crippen LogP contribution in [0.25, 0.3) is 49.8 Å². The molecule has 0 unspecified atom stereocenters. The monoisotopic (exact) mass is 644 g/mol. The van der Waals surface area contributed by atoms with Gasteiger partial charge in [0.1, 0.15) is 0 Å². The summed E-state index contributed by atoms with van der Waals surface area (Å²) in [4.78, 5) is 2.49. The van der Waals surface area contributed by atoms with Crippen LogP contribution in [0, 0.1) is 0 Å². The van der Waals surface area contributed by atoms with Crippen molar-refractivity contribution < 1.29 is 0 Å². The second-order valence-corrected chi connectivity index (χ2v) is 15.3. The molecule has 242 valence electrons. The second-order valence-electron chi connectivity index (χ2n) is 15.3. The predicted molar refractivity (Wildman–Crippen MR) is 212 cm³/mol. The molecule has 0 saturated carbocycles. The summed E-state index contributed by atoms with van der Waals surface area (Å²) in [6.07, 6.45) is 8.86. The molecule has 2 heteroatoms. The van der Waals surface area contributed by atoms with Crippen molar-refractivity contribution in [3.05, 3.63) is 168 Å². The van der Waals surface area contributed by atoms with Gasteiger partial charge in [-0.3, -0.25) is 0 Å². The lowest BCUT2D eigenvalue weighted by atomic mass is 9.82. The zero-order valence-electron chi connectivity index (χ0n) is 29.2. The quantitative estimate of drug-likeness (QED) is 0.185. The largest absolute Gasteiger partial charge is 0.313 e. The van der Waals surface area contributed by atoms with Crippen LogP contribution in [-0.4, -0.2) is 4.57 Å². The molecule has 0 aliphatic heterocycles. The van der Waals surface area contributed by atoms with Crippen molar-refractivity contribution in [1.29, 1.82) is 0 Å². The highest BCUT2D eigenvalue weighted by Crippen LogP contribution is 2.53. The van der Waals surface area contributed by atoms with E-state index in [2.05, 4.69) is 183 Å². The van der Waals surface area contributed by atoms with E-state index in [9.17, 15) is 0 Å². The first-order valence-electron chi connectivity index (χ1n) is 18.0. The van der Waals surface area contributed by atoms with Gasteiger partial charge in [0.05, 0.1) is 11.0 Å². The van der Waals surface area contributed by atoms with Crippen molar-refractivity contribution in [2.24, 2.45) is 0 Å². The number of aromatic nitrogens is 1. The van der Waals surface area contributed by atoms with Crippen LogP contribution in [0.5, 0.6) is 0 Å². The number of hydrogen-bond donors (Lipinski definition) is 0. The zero-order chi connectivity index (χ0) is 33.8. The molecule has 1 aromatic heterocycles. The van der Waals surface area contributed by atoms with Gasteiger partial charge in [-0.1, -0.05) is 119 Å². The average molecular weight is 645 g/mol. The lowest BCUT2D eigenvalue weighted by molar-refractivity contribution is 0.660. The third kappa shape index (κ3) is 4.02. The number of nitrogens with zero attached hydrogens (tertiary/aromatic N) is 2. The minimum absolute atomic E-state index is 0.0886. The molecule has 7 aromatic rings. The SMILES string of the molecule is CC1(C)c2ccccc2-c2ccc(N(c3ccc4c(c3)C(C)(C)c3ccccc3-4)c3ccc4c(c3)c3ccccc3n4C3=CC=CCC3)cc21. The van der Waals surface area contributed by atoms with Gasteiger partial charge in [0.25, 0.3) is 0 Å². The zero-order valence-corrected chi connectivity index (χ0v) is 29.2. The van der Waals surface area contributed by atoms with Crippen molar-refractivity contribution in [2.75, 3.05) is 4.90 Å². The molecule has 0 atom stereocenters. The number of fused-ring (bicyclic) bond motifs is 9. The van der Waals surface area contributed by atoms with Crippen LogP contribution in [0.2, 0.25) is 0 Å². The molecule has 2 nitrogen and oxygen atoms in total. The Morgan fingerprint density at radius 3 is 1.64 bits per heavy atom. The predicted octanol–water partition coefficient (Wildman–Crippen LogP) is 13.1. The molecule has 10 rings (SSSR count). The van der Waals surface area contributed by atoms with E-state index in [1.54, 1.807) is 0 Å². The van der Waals surface area contributed by atoms with Gasteiger partial charge in [-0.05, 0) is 112 Å². The fraction of sp³-hybridized carbons (Fsp3) is 0.167. The Morgan fingerprint density at radius 2 is 1.02 bits per heavy atom. The van der Waals surface area contributed by atoms with E-state index in [1.807, 2.05) is 0 Å². The highest BCUT2D eigenvalue weighted by atomic mass is 15.1. The van der Waals surface area contributed by atoms with E-state index < -0.39 is 0 Å². The van der Waals surface area contributed by atoms with Gasteiger partial charge in [-0.25, -0.2) is 0 Å². The second kappa shape index (κ2) is 10.5. The number of anilines is 3. The molecule has 3 aliphatic rings. The van der Waals surface area contributed by atoms with E-state index in [0.717, 1.165) is 12.8 Å². The Hall–Kier alpha value is -5.60. The van der Waals surface area contributed by atoms with E-state index in [1.165, 1.54) is 89.1 Å². The standard InChI is InChI=1S/C48H40N2/c1-47(2)41-19-11-8-16-35(41)37-25-22-33(29-43(37)47)49(34-23-26-38-36-17-9-12-20-42(36)48(3,4)44(38)30-34)32-24-27-46-40(28-32)39-18-10-13-21-45(39)50(46)31-14-6-5-7-15-31/h5-6,8-14,16-30H,7,15H2,1-4H3. The van der Waals surface area contributed by atoms with E-state index in [0.29, 0.717) is 0 Å². The number of rotatable bonds is 4.